The van der Waals surface area contributed by atoms with Crippen molar-refractivity contribution >= 4 is 40.2 Å². The Bertz CT molecular complexity index is 1260. The average molecular weight is 436 g/mol. The second-order valence-electron chi connectivity index (χ2n) is 6.57. The highest BCUT2D eigenvalue weighted by Gasteiger charge is 2.17. The van der Waals surface area contributed by atoms with E-state index >= 15 is 0 Å². The number of nitrogens with zero attached hydrogens (tertiary/aromatic N) is 2. The van der Waals surface area contributed by atoms with Crippen LogP contribution in [0, 0.1) is 5.82 Å². The molecular formula is C23H15ClFN3O3. The topological polar surface area (TPSA) is 81.2 Å². The largest absolute Gasteiger partial charge is 0.452 e. The van der Waals surface area contributed by atoms with Gasteiger partial charge in [-0.25, -0.2) is 19.2 Å². The van der Waals surface area contributed by atoms with Crippen LogP contribution in [0.25, 0.3) is 22.2 Å². The Kier molecular flexibility index (Phi) is 5.86. The molecule has 2 aromatic heterocycles. The molecule has 6 nitrogen and oxygen atoms in total. The molecule has 1 N–H and O–H groups in total. The minimum atomic E-state index is -0.679. The molecule has 154 valence electrons. The number of anilines is 1. The maximum Gasteiger partial charge on any atom is 0.339 e. The fraction of sp³-hybridized carbons (Fsp3) is 0.0435. The zero-order valence-electron chi connectivity index (χ0n) is 16.0. The number of carbonyl (C=O) groups excluding carboxylic acids is 2. The molecule has 2 heterocycles. The van der Waals surface area contributed by atoms with E-state index in [2.05, 4.69) is 15.3 Å². The Labute approximate surface area is 181 Å². The van der Waals surface area contributed by atoms with Gasteiger partial charge in [0.05, 0.1) is 21.8 Å². The van der Waals surface area contributed by atoms with Crippen LogP contribution in [0.2, 0.25) is 5.02 Å². The summed E-state index contributed by atoms with van der Waals surface area (Å²) in [6.45, 7) is -0.494. The van der Waals surface area contributed by atoms with Gasteiger partial charge in [-0.05, 0) is 48.5 Å². The fourth-order valence-corrected chi connectivity index (χ4v) is 3.06. The third kappa shape index (κ3) is 4.84. The summed E-state index contributed by atoms with van der Waals surface area (Å²) in [5.41, 5.74) is 1.96. The van der Waals surface area contributed by atoms with E-state index in [0.29, 0.717) is 33.0 Å². The van der Waals surface area contributed by atoms with Crippen LogP contribution >= 0.6 is 11.6 Å². The Balaban J connectivity index is 1.55. The molecule has 0 aliphatic rings. The lowest BCUT2D eigenvalue weighted by atomic mass is 10.0. The number of pyridine rings is 2. The van der Waals surface area contributed by atoms with E-state index < -0.39 is 18.5 Å². The maximum absolute atomic E-state index is 13.3. The molecule has 0 atom stereocenters. The standard InChI is InChI=1S/C23H15ClFN3O3/c24-15-7-10-21(26-12-15)28-22(29)13-31-23(30)18-11-20(14-5-8-16(25)9-6-14)27-19-4-2-1-3-17(18)19/h1-12H,13H2,(H,26,28,29). The lowest BCUT2D eigenvalue weighted by Gasteiger charge is -2.10. The molecule has 0 fully saturated rings. The van der Waals surface area contributed by atoms with Gasteiger partial charge in [0.1, 0.15) is 11.6 Å². The predicted octanol–water partition coefficient (Wildman–Crippen LogP) is 4.88. The van der Waals surface area contributed by atoms with E-state index in [9.17, 15) is 14.0 Å². The number of nitrogens with one attached hydrogen (secondary N) is 1. The van der Waals surface area contributed by atoms with Gasteiger partial charge in [0.2, 0.25) is 0 Å². The summed E-state index contributed by atoms with van der Waals surface area (Å²) in [6.07, 6.45) is 1.39. The van der Waals surface area contributed by atoms with E-state index in [1.54, 1.807) is 48.5 Å². The van der Waals surface area contributed by atoms with Crippen LogP contribution in [0.1, 0.15) is 10.4 Å². The molecule has 0 bridgehead atoms. The van der Waals surface area contributed by atoms with Crippen LogP contribution in [0.3, 0.4) is 0 Å². The third-order valence-corrected chi connectivity index (χ3v) is 4.63. The minimum absolute atomic E-state index is 0.252. The molecule has 0 aliphatic heterocycles. The van der Waals surface area contributed by atoms with Crippen molar-refractivity contribution in [3.05, 3.63) is 89.3 Å². The number of esters is 1. The second kappa shape index (κ2) is 8.89. The molecule has 0 radical (unpaired) electrons. The van der Waals surface area contributed by atoms with Crippen molar-refractivity contribution in [3.8, 4) is 11.3 Å². The molecule has 31 heavy (non-hydrogen) atoms. The summed E-state index contributed by atoms with van der Waals surface area (Å²) in [6, 6.07) is 17.5. The molecule has 2 aromatic carbocycles. The first-order chi connectivity index (χ1) is 15.0. The normalized spacial score (nSPS) is 10.6. The van der Waals surface area contributed by atoms with Gasteiger partial charge in [-0.1, -0.05) is 29.8 Å². The highest BCUT2D eigenvalue weighted by Crippen LogP contribution is 2.25. The number of hydrogen-bond acceptors (Lipinski definition) is 5. The molecule has 0 spiro atoms. The maximum atomic E-state index is 13.3. The van der Waals surface area contributed by atoms with Crippen LogP contribution < -0.4 is 5.32 Å². The molecular weight excluding hydrogens is 421 g/mol. The Morgan fingerprint density at radius 3 is 2.55 bits per heavy atom. The Hall–Kier alpha value is -3.84. The predicted molar refractivity (Wildman–Crippen MR) is 115 cm³/mol. The number of amides is 1. The minimum Gasteiger partial charge on any atom is -0.452 e. The zero-order valence-corrected chi connectivity index (χ0v) is 16.8. The van der Waals surface area contributed by atoms with Crippen LogP contribution in [0.4, 0.5) is 10.2 Å². The van der Waals surface area contributed by atoms with Gasteiger partial charge in [-0.2, -0.15) is 0 Å². The molecule has 0 saturated heterocycles. The number of para-hydroxylation sites is 1. The second-order valence-corrected chi connectivity index (χ2v) is 7.00. The molecule has 0 aliphatic carbocycles. The SMILES string of the molecule is O=C(COC(=O)c1cc(-c2ccc(F)cc2)nc2ccccc12)Nc1ccc(Cl)cn1. The first-order valence-electron chi connectivity index (χ1n) is 9.24. The Morgan fingerprint density at radius 2 is 1.81 bits per heavy atom. The number of halogens is 2. The van der Waals surface area contributed by atoms with Crippen LogP contribution in [0.5, 0.6) is 0 Å². The van der Waals surface area contributed by atoms with Gasteiger partial charge in [0.25, 0.3) is 5.91 Å². The molecule has 0 saturated carbocycles. The van der Waals surface area contributed by atoms with Crippen molar-refractivity contribution in [2.75, 3.05) is 11.9 Å². The van der Waals surface area contributed by atoms with Crippen LogP contribution in [0.15, 0.2) is 72.9 Å². The van der Waals surface area contributed by atoms with Crippen molar-refractivity contribution in [3.63, 3.8) is 0 Å². The summed E-state index contributed by atoms with van der Waals surface area (Å²) < 4.78 is 18.5. The monoisotopic (exact) mass is 435 g/mol. The number of carbonyl (C=O) groups is 2. The summed E-state index contributed by atoms with van der Waals surface area (Å²) >= 11 is 5.76. The first-order valence-corrected chi connectivity index (χ1v) is 9.61. The third-order valence-electron chi connectivity index (χ3n) is 4.41. The number of aromatic nitrogens is 2. The highest BCUT2D eigenvalue weighted by atomic mass is 35.5. The number of hydrogen-bond donors (Lipinski definition) is 1. The van der Waals surface area contributed by atoms with Gasteiger partial charge in [-0.15, -0.1) is 0 Å². The number of rotatable bonds is 5. The number of fused-ring (bicyclic) bond motifs is 1. The van der Waals surface area contributed by atoms with E-state index in [4.69, 9.17) is 16.3 Å². The molecule has 1 amide bonds. The molecule has 8 heteroatoms. The van der Waals surface area contributed by atoms with E-state index in [1.807, 2.05) is 0 Å². The van der Waals surface area contributed by atoms with Crippen molar-refractivity contribution in [1.29, 1.82) is 0 Å². The lowest BCUT2D eigenvalue weighted by Crippen LogP contribution is -2.21. The van der Waals surface area contributed by atoms with Crippen molar-refractivity contribution in [2.45, 2.75) is 0 Å². The summed E-state index contributed by atoms with van der Waals surface area (Å²) in [4.78, 5) is 33.4. The first kappa shape index (κ1) is 20.4. The van der Waals surface area contributed by atoms with Crippen LogP contribution in [-0.2, 0) is 9.53 Å². The fourth-order valence-electron chi connectivity index (χ4n) is 2.95. The lowest BCUT2D eigenvalue weighted by molar-refractivity contribution is -0.119. The van der Waals surface area contributed by atoms with Crippen LogP contribution in [-0.4, -0.2) is 28.5 Å². The van der Waals surface area contributed by atoms with Crippen molar-refractivity contribution in [1.82, 2.24) is 9.97 Å². The quantitative estimate of drug-likeness (QED) is 0.451. The van der Waals surface area contributed by atoms with Gasteiger partial charge < -0.3 is 10.1 Å². The van der Waals surface area contributed by atoms with Gasteiger partial charge in [0.15, 0.2) is 6.61 Å². The summed E-state index contributed by atoms with van der Waals surface area (Å²) in [5, 5.41) is 3.54. The van der Waals surface area contributed by atoms with Crippen molar-refractivity contribution < 1.29 is 18.7 Å². The average Bonchev–Trinajstić information content (AvgIpc) is 2.79. The molecule has 0 unspecified atom stereocenters. The van der Waals surface area contributed by atoms with E-state index in [-0.39, 0.29) is 11.4 Å². The summed E-state index contributed by atoms with van der Waals surface area (Å²) in [7, 11) is 0. The van der Waals surface area contributed by atoms with Gasteiger partial charge >= 0.3 is 5.97 Å². The number of benzene rings is 2. The smallest absolute Gasteiger partial charge is 0.339 e. The summed E-state index contributed by atoms with van der Waals surface area (Å²) in [5.74, 6) is -1.30. The van der Waals surface area contributed by atoms with E-state index in [0.717, 1.165) is 0 Å². The van der Waals surface area contributed by atoms with Gasteiger partial charge in [0, 0.05) is 17.1 Å². The molecule has 4 aromatic rings. The number of ether oxygens (including phenoxy) is 1. The van der Waals surface area contributed by atoms with E-state index in [1.165, 1.54) is 24.4 Å². The Morgan fingerprint density at radius 1 is 1.03 bits per heavy atom. The van der Waals surface area contributed by atoms with Gasteiger partial charge in [-0.3, -0.25) is 4.79 Å². The molecule has 4 rings (SSSR count). The highest BCUT2D eigenvalue weighted by molar-refractivity contribution is 6.30. The van der Waals surface area contributed by atoms with Crippen molar-refractivity contribution in [2.24, 2.45) is 0 Å². The zero-order chi connectivity index (χ0) is 21.8.